The lowest BCUT2D eigenvalue weighted by Gasteiger charge is -2.09. The molecule has 3 aromatic rings. The molecule has 6 nitrogen and oxygen atoms in total. The van der Waals surface area contributed by atoms with Crippen LogP contribution in [0.3, 0.4) is 0 Å². The fraction of sp³-hybridized carbons (Fsp3) is 0.0952. The summed E-state index contributed by atoms with van der Waals surface area (Å²) in [5.74, 6) is -0.773. The Labute approximate surface area is 157 Å². The molecule has 0 fully saturated rings. The molecule has 0 aliphatic heterocycles. The summed E-state index contributed by atoms with van der Waals surface area (Å²) in [7, 11) is 0. The molecule has 3 rings (SSSR count). The minimum atomic E-state index is -0.733. The molecule has 1 heterocycles. The van der Waals surface area contributed by atoms with E-state index in [-0.39, 0.29) is 6.54 Å². The molecule has 0 unspecified atom stereocenters. The standard InChI is InChI=1S/C21H19N3O3/c25-20(23-14-18-8-4-5-13-22-18)21(26)24-17-9-11-19(12-10-17)27-15-16-6-2-1-3-7-16/h1-13H,14-15H2,(H,23,25)(H,24,26). The monoisotopic (exact) mass is 361 g/mol. The van der Waals surface area contributed by atoms with Crippen molar-refractivity contribution in [2.75, 3.05) is 5.32 Å². The highest BCUT2D eigenvalue weighted by molar-refractivity contribution is 6.39. The zero-order valence-corrected chi connectivity index (χ0v) is 14.6. The summed E-state index contributed by atoms with van der Waals surface area (Å²) in [5.41, 5.74) is 2.26. The van der Waals surface area contributed by atoms with Gasteiger partial charge in [-0.15, -0.1) is 0 Å². The van der Waals surface area contributed by atoms with Crippen LogP contribution in [-0.4, -0.2) is 16.8 Å². The minimum absolute atomic E-state index is 0.194. The number of ether oxygens (including phenoxy) is 1. The van der Waals surface area contributed by atoms with Crippen molar-refractivity contribution in [3.63, 3.8) is 0 Å². The van der Waals surface area contributed by atoms with Gasteiger partial charge in [-0.1, -0.05) is 36.4 Å². The number of pyridine rings is 1. The summed E-state index contributed by atoms with van der Waals surface area (Å²) in [5, 5.41) is 5.08. The summed E-state index contributed by atoms with van der Waals surface area (Å²) in [6.45, 7) is 0.655. The van der Waals surface area contributed by atoms with Crippen LogP contribution in [0.5, 0.6) is 5.75 Å². The van der Waals surface area contributed by atoms with Crippen LogP contribution in [0.2, 0.25) is 0 Å². The van der Waals surface area contributed by atoms with Crippen LogP contribution in [0.15, 0.2) is 79.0 Å². The van der Waals surface area contributed by atoms with Crippen molar-refractivity contribution in [1.82, 2.24) is 10.3 Å². The van der Waals surface area contributed by atoms with E-state index in [0.717, 1.165) is 5.56 Å². The van der Waals surface area contributed by atoms with E-state index in [1.54, 1.807) is 42.6 Å². The third kappa shape index (κ3) is 5.67. The predicted octanol–water partition coefficient (Wildman–Crippen LogP) is 2.92. The van der Waals surface area contributed by atoms with Crippen molar-refractivity contribution in [1.29, 1.82) is 0 Å². The maximum atomic E-state index is 12.0. The fourth-order valence-corrected chi connectivity index (χ4v) is 2.32. The first-order valence-corrected chi connectivity index (χ1v) is 8.46. The van der Waals surface area contributed by atoms with Crippen LogP contribution in [0.25, 0.3) is 0 Å². The Kier molecular flexibility index (Phi) is 6.14. The van der Waals surface area contributed by atoms with Crippen molar-refractivity contribution in [3.05, 3.63) is 90.3 Å². The van der Waals surface area contributed by atoms with Crippen LogP contribution in [0.4, 0.5) is 5.69 Å². The molecular formula is C21H19N3O3. The molecule has 0 radical (unpaired) electrons. The zero-order chi connectivity index (χ0) is 18.9. The lowest BCUT2D eigenvalue weighted by atomic mass is 10.2. The van der Waals surface area contributed by atoms with Gasteiger partial charge in [-0.05, 0) is 42.0 Å². The Morgan fingerprint density at radius 2 is 1.59 bits per heavy atom. The molecule has 0 spiro atoms. The fourth-order valence-electron chi connectivity index (χ4n) is 2.32. The van der Waals surface area contributed by atoms with Crippen molar-refractivity contribution in [3.8, 4) is 5.75 Å². The molecule has 0 bridgehead atoms. The van der Waals surface area contributed by atoms with Gasteiger partial charge >= 0.3 is 11.8 Å². The lowest BCUT2D eigenvalue weighted by Crippen LogP contribution is -2.35. The molecule has 0 saturated heterocycles. The predicted molar refractivity (Wildman–Crippen MR) is 102 cm³/mol. The molecule has 27 heavy (non-hydrogen) atoms. The smallest absolute Gasteiger partial charge is 0.313 e. The number of nitrogens with one attached hydrogen (secondary N) is 2. The maximum absolute atomic E-state index is 12.0. The number of anilines is 1. The van der Waals surface area contributed by atoms with E-state index in [2.05, 4.69) is 15.6 Å². The lowest BCUT2D eigenvalue weighted by molar-refractivity contribution is -0.136. The van der Waals surface area contributed by atoms with Gasteiger partial charge in [-0.25, -0.2) is 0 Å². The van der Waals surface area contributed by atoms with Crippen molar-refractivity contribution >= 4 is 17.5 Å². The van der Waals surface area contributed by atoms with Gasteiger partial charge in [-0.2, -0.15) is 0 Å². The molecule has 2 N–H and O–H groups in total. The van der Waals surface area contributed by atoms with Gasteiger partial charge in [0, 0.05) is 11.9 Å². The largest absolute Gasteiger partial charge is 0.489 e. The number of nitrogens with zero attached hydrogens (tertiary/aromatic N) is 1. The minimum Gasteiger partial charge on any atom is -0.489 e. The second kappa shape index (κ2) is 9.15. The van der Waals surface area contributed by atoms with Crippen LogP contribution >= 0.6 is 0 Å². The summed E-state index contributed by atoms with van der Waals surface area (Å²) in [6.07, 6.45) is 1.63. The molecule has 0 aliphatic carbocycles. The molecular weight excluding hydrogens is 342 g/mol. The molecule has 136 valence electrons. The molecule has 0 aliphatic rings. The normalized spacial score (nSPS) is 10.1. The number of rotatable bonds is 6. The zero-order valence-electron chi connectivity index (χ0n) is 14.6. The van der Waals surface area contributed by atoms with Gasteiger partial charge in [0.05, 0.1) is 12.2 Å². The number of hydrogen-bond donors (Lipinski definition) is 2. The van der Waals surface area contributed by atoms with Gasteiger partial charge in [0.15, 0.2) is 0 Å². The highest BCUT2D eigenvalue weighted by Gasteiger charge is 2.13. The number of benzene rings is 2. The van der Waals surface area contributed by atoms with Crippen LogP contribution < -0.4 is 15.4 Å². The number of carbonyl (C=O) groups excluding carboxylic acids is 2. The highest BCUT2D eigenvalue weighted by Crippen LogP contribution is 2.17. The first kappa shape index (κ1) is 18.1. The summed E-state index contributed by atoms with van der Waals surface area (Å²) in [4.78, 5) is 27.9. The van der Waals surface area contributed by atoms with E-state index >= 15 is 0 Å². The first-order chi connectivity index (χ1) is 13.2. The van der Waals surface area contributed by atoms with Gasteiger partial charge in [-0.3, -0.25) is 14.6 Å². The van der Waals surface area contributed by atoms with Gasteiger partial charge < -0.3 is 15.4 Å². The molecule has 2 amide bonds. The Morgan fingerprint density at radius 3 is 2.30 bits per heavy atom. The molecule has 2 aromatic carbocycles. The van der Waals surface area contributed by atoms with Crippen LogP contribution in [0.1, 0.15) is 11.3 Å². The average molecular weight is 361 g/mol. The third-order valence-electron chi connectivity index (χ3n) is 3.72. The Balaban J connectivity index is 1.47. The van der Waals surface area contributed by atoms with Crippen molar-refractivity contribution < 1.29 is 14.3 Å². The number of amides is 2. The maximum Gasteiger partial charge on any atom is 0.313 e. The average Bonchev–Trinajstić information content (AvgIpc) is 2.73. The second-order valence-corrected chi connectivity index (χ2v) is 5.76. The van der Waals surface area contributed by atoms with Gasteiger partial charge in [0.2, 0.25) is 0 Å². The quantitative estimate of drug-likeness (QED) is 0.662. The van der Waals surface area contributed by atoms with E-state index in [1.807, 2.05) is 36.4 Å². The SMILES string of the molecule is O=C(NCc1ccccn1)C(=O)Nc1ccc(OCc2ccccc2)cc1. The molecule has 1 aromatic heterocycles. The van der Waals surface area contributed by atoms with Gasteiger partial charge in [0.1, 0.15) is 12.4 Å². The van der Waals surface area contributed by atoms with Crippen LogP contribution in [0, 0.1) is 0 Å². The Morgan fingerprint density at radius 1 is 0.852 bits per heavy atom. The van der Waals surface area contributed by atoms with Gasteiger partial charge in [0.25, 0.3) is 0 Å². The number of carbonyl (C=O) groups is 2. The number of aromatic nitrogens is 1. The van der Waals surface area contributed by atoms with E-state index in [4.69, 9.17) is 4.74 Å². The second-order valence-electron chi connectivity index (χ2n) is 5.76. The van der Waals surface area contributed by atoms with Crippen molar-refractivity contribution in [2.45, 2.75) is 13.2 Å². The summed E-state index contributed by atoms with van der Waals surface area (Å²) < 4.78 is 5.69. The Hall–Kier alpha value is -3.67. The molecule has 6 heteroatoms. The topological polar surface area (TPSA) is 80.3 Å². The highest BCUT2D eigenvalue weighted by atomic mass is 16.5. The number of hydrogen-bond acceptors (Lipinski definition) is 4. The molecule has 0 atom stereocenters. The van der Waals surface area contributed by atoms with Crippen molar-refractivity contribution in [2.24, 2.45) is 0 Å². The first-order valence-electron chi connectivity index (χ1n) is 8.46. The summed E-state index contributed by atoms with van der Waals surface area (Å²) in [6, 6.07) is 22.0. The Bertz CT molecular complexity index is 882. The van der Waals surface area contributed by atoms with E-state index < -0.39 is 11.8 Å². The molecule has 0 saturated carbocycles. The third-order valence-corrected chi connectivity index (χ3v) is 3.72. The van der Waals surface area contributed by atoms with E-state index in [9.17, 15) is 9.59 Å². The van der Waals surface area contributed by atoms with E-state index in [1.165, 1.54) is 0 Å². The summed E-state index contributed by atoms with van der Waals surface area (Å²) >= 11 is 0. The van der Waals surface area contributed by atoms with Crippen LogP contribution in [-0.2, 0) is 22.7 Å². The van der Waals surface area contributed by atoms with E-state index in [0.29, 0.717) is 23.7 Å².